The molecule has 0 radical (unpaired) electrons. The lowest BCUT2D eigenvalue weighted by Crippen LogP contribution is -2.43. The minimum Gasteiger partial charge on any atom is -0.478 e. The molecule has 104 valence electrons. The highest BCUT2D eigenvalue weighted by atomic mass is 16.4. The maximum atomic E-state index is 11.1. The van der Waals surface area contributed by atoms with Gasteiger partial charge in [-0.3, -0.25) is 4.98 Å². The summed E-state index contributed by atoms with van der Waals surface area (Å²) >= 11 is 0. The summed E-state index contributed by atoms with van der Waals surface area (Å²) in [7, 11) is 0. The quantitative estimate of drug-likeness (QED) is 0.869. The molecule has 1 fully saturated rings. The molecule has 0 amide bonds. The fourth-order valence-corrected chi connectivity index (χ4v) is 2.64. The van der Waals surface area contributed by atoms with Crippen molar-refractivity contribution in [1.29, 1.82) is 0 Å². The van der Waals surface area contributed by atoms with Crippen LogP contribution < -0.4 is 10.2 Å². The average molecular weight is 271 g/mol. The lowest BCUT2D eigenvalue weighted by atomic mass is 10.1. The van der Waals surface area contributed by atoms with Crippen molar-refractivity contribution in [3.05, 3.63) is 35.5 Å². The number of pyridine rings is 1. The van der Waals surface area contributed by atoms with Crippen molar-refractivity contribution in [1.82, 2.24) is 10.3 Å². The number of aromatic carboxylic acids is 1. The first-order valence-corrected chi connectivity index (χ1v) is 6.75. The van der Waals surface area contributed by atoms with E-state index in [1.54, 1.807) is 12.1 Å². The van der Waals surface area contributed by atoms with E-state index < -0.39 is 5.97 Å². The molecule has 0 saturated carbocycles. The number of nitrogens with one attached hydrogen (secondary N) is 1. The van der Waals surface area contributed by atoms with Gasteiger partial charge in [-0.2, -0.15) is 0 Å². The normalized spacial score (nSPS) is 15.6. The van der Waals surface area contributed by atoms with Crippen LogP contribution in [-0.2, 0) is 0 Å². The average Bonchev–Trinajstić information content (AvgIpc) is 2.46. The molecule has 0 unspecified atom stereocenters. The van der Waals surface area contributed by atoms with Crippen LogP contribution in [-0.4, -0.2) is 42.2 Å². The van der Waals surface area contributed by atoms with E-state index >= 15 is 0 Å². The smallest absolute Gasteiger partial charge is 0.335 e. The van der Waals surface area contributed by atoms with Crippen LogP contribution in [0.1, 0.15) is 16.1 Å². The lowest BCUT2D eigenvalue weighted by Gasteiger charge is -2.30. The highest BCUT2D eigenvalue weighted by Gasteiger charge is 2.15. The van der Waals surface area contributed by atoms with E-state index in [2.05, 4.69) is 21.3 Å². The Morgan fingerprint density at radius 3 is 2.75 bits per heavy atom. The minimum absolute atomic E-state index is 0.280. The van der Waals surface area contributed by atoms with Crippen molar-refractivity contribution in [3.8, 4) is 0 Å². The Morgan fingerprint density at radius 2 is 2.05 bits per heavy atom. The minimum atomic E-state index is -0.918. The molecular weight excluding hydrogens is 254 g/mol. The topological polar surface area (TPSA) is 65.5 Å². The van der Waals surface area contributed by atoms with Gasteiger partial charge in [0.1, 0.15) is 0 Å². The zero-order chi connectivity index (χ0) is 14.1. The SMILES string of the molecule is Cc1cc(N2CCNCC2)c2ccc(C(=O)O)cc2n1. The van der Waals surface area contributed by atoms with Gasteiger partial charge in [-0.15, -0.1) is 0 Å². The standard InChI is InChI=1S/C15H17N3O2/c1-10-8-14(18-6-4-16-5-7-18)12-3-2-11(15(19)20)9-13(12)17-10/h2-3,8-9,16H,4-7H2,1H3,(H,19,20). The van der Waals surface area contributed by atoms with Crippen LogP contribution in [0.3, 0.4) is 0 Å². The Kier molecular flexibility index (Phi) is 3.28. The molecule has 1 aromatic heterocycles. The van der Waals surface area contributed by atoms with Gasteiger partial charge < -0.3 is 15.3 Å². The maximum Gasteiger partial charge on any atom is 0.335 e. The summed E-state index contributed by atoms with van der Waals surface area (Å²) in [6, 6.07) is 7.24. The predicted molar refractivity (Wildman–Crippen MR) is 78.5 cm³/mol. The Bertz CT molecular complexity index is 663. The molecule has 2 aromatic rings. The third kappa shape index (κ3) is 2.32. The number of nitrogens with zero attached hydrogens (tertiary/aromatic N) is 2. The van der Waals surface area contributed by atoms with E-state index in [-0.39, 0.29) is 5.56 Å². The van der Waals surface area contributed by atoms with Crippen molar-refractivity contribution in [3.63, 3.8) is 0 Å². The molecule has 5 heteroatoms. The van der Waals surface area contributed by atoms with Crippen LogP contribution in [0.25, 0.3) is 10.9 Å². The van der Waals surface area contributed by atoms with Gasteiger partial charge in [-0.1, -0.05) is 0 Å². The molecular formula is C15H17N3O2. The van der Waals surface area contributed by atoms with E-state index in [0.29, 0.717) is 0 Å². The second-order valence-corrected chi connectivity index (χ2v) is 5.06. The van der Waals surface area contributed by atoms with Gasteiger partial charge in [0, 0.05) is 42.9 Å². The van der Waals surface area contributed by atoms with E-state index in [4.69, 9.17) is 5.11 Å². The summed E-state index contributed by atoms with van der Waals surface area (Å²) in [5.74, 6) is -0.918. The molecule has 1 aromatic carbocycles. The van der Waals surface area contributed by atoms with Crippen LogP contribution in [0.2, 0.25) is 0 Å². The fourth-order valence-electron chi connectivity index (χ4n) is 2.64. The van der Waals surface area contributed by atoms with Gasteiger partial charge in [0.2, 0.25) is 0 Å². The molecule has 0 spiro atoms. The molecule has 1 aliphatic heterocycles. The van der Waals surface area contributed by atoms with Crippen molar-refractivity contribution in [2.75, 3.05) is 31.1 Å². The van der Waals surface area contributed by atoms with E-state index in [1.807, 2.05) is 13.0 Å². The first-order chi connectivity index (χ1) is 9.65. The van der Waals surface area contributed by atoms with Crippen molar-refractivity contribution in [2.45, 2.75) is 6.92 Å². The van der Waals surface area contributed by atoms with E-state index in [9.17, 15) is 4.79 Å². The molecule has 20 heavy (non-hydrogen) atoms. The number of anilines is 1. The number of rotatable bonds is 2. The highest BCUT2D eigenvalue weighted by Crippen LogP contribution is 2.27. The van der Waals surface area contributed by atoms with Crippen molar-refractivity contribution < 1.29 is 9.90 Å². The highest BCUT2D eigenvalue weighted by molar-refractivity contribution is 5.97. The molecule has 1 aliphatic rings. The monoisotopic (exact) mass is 271 g/mol. The number of carbonyl (C=O) groups is 1. The maximum absolute atomic E-state index is 11.1. The summed E-state index contributed by atoms with van der Waals surface area (Å²) in [6.45, 7) is 5.79. The van der Waals surface area contributed by atoms with Crippen LogP contribution in [0.4, 0.5) is 5.69 Å². The number of benzene rings is 1. The van der Waals surface area contributed by atoms with Gasteiger partial charge in [0.05, 0.1) is 11.1 Å². The molecule has 5 nitrogen and oxygen atoms in total. The summed E-state index contributed by atoms with van der Waals surface area (Å²) in [4.78, 5) is 17.9. The van der Waals surface area contributed by atoms with Gasteiger partial charge in [-0.25, -0.2) is 4.79 Å². The van der Waals surface area contributed by atoms with Gasteiger partial charge in [-0.05, 0) is 31.2 Å². The van der Waals surface area contributed by atoms with Crippen molar-refractivity contribution >= 4 is 22.6 Å². The Morgan fingerprint density at radius 1 is 1.30 bits per heavy atom. The predicted octanol–water partition coefficient (Wildman–Crippen LogP) is 1.65. The van der Waals surface area contributed by atoms with Crippen LogP contribution >= 0.6 is 0 Å². The summed E-state index contributed by atoms with van der Waals surface area (Å²) in [5.41, 5.74) is 3.08. The summed E-state index contributed by atoms with van der Waals surface area (Å²) in [6.07, 6.45) is 0. The van der Waals surface area contributed by atoms with Crippen molar-refractivity contribution in [2.24, 2.45) is 0 Å². The summed E-state index contributed by atoms with van der Waals surface area (Å²) < 4.78 is 0. The molecule has 0 bridgehead atoms. The Balaban J connectivity index is 2.13. The largest absolute Gasteiger partial charge is 0.478 e. The number of aromatic nitrogens is 1. The zero-order valence-electron chi connectivity index (χ0n) is 11.4. The molecule has 0 atom stereocenters. The number of carboxylic acids is 1. The van der Waals surface area contributed by atoms with E-state index in [0.717, 1.165) is 48.5 Å². The molecule has 1 saturated heterocycles. The third-order valence-corrected chi connectivity index (χ3v) is 3.62. The van der Waals surface area contributed by atoms with Gasteiger partial charge >= 0.3 is 5.97 Å². The lowest BCUT2D eigenvalue weighted by molar-refractivity contribution is 0.0697. The number of aryl methyl sites for hydroxylation is 1. The second-order valence-electron chi connectivity index (χ2n) is 5.06. The number of carboxylic acid groups (broad SMARTS) is 1. The Labute approximate surface area is 117 Å². The summed E-state index contributed by atoms with van der Waals surface area (Å²) in [5, 5.41) is 13.4. The number of hydrogen-bond acceptors (Lipinski definition) is 4. The van der Waals surface area contributed by atoms with E-state index in [1.165, 1.54) is 0 Å². The molecule has 3 rings (SSSR count). The zero-order valence-corrected chi connectivity index (χ0v) is 11.4. The Hall–Kier alpha value is -2.14. The van der Waals surface area contributed by atoms with Crippen LogP contribution in [0.15, 0.2) is 24.3 Å². The first kappa shape index (κ1) is 12.9. The third-order valence-electron chi connectivity index (χ3n) is 3.62. The fraction of sp³-hybridized carbons (Fsp3) is 0.333. The number of piperazine rings is 1. The second kappa shape index (κ2) is 5.09. The van der Waals surface area contributed by atoms with Gasteiger partial charge in [0.25, 0.3) is 0 Å². The molecule has 2 heterocycles. The molecule has 0 aliphatic carbocycles. The number of hydrogen-bond donors (Lipinski definition) is 2. The van der Waals surface area contributed by atoms with Crippen LogP contribution in [0.5, 0.6) is 0 Å². The van der Waals surface area contributed by atoms with Gasteiger partial charge in [0.15, 0.2) is 0 Å². The number of fused-ring (bicyclic) bond motifs is 1. The molecule has 2 N–H and O–H groups in total. The van der Waals surface area contributed by atoms with Crippen LogP contribution in [0, 0.1) is 6.92 Å². The first-order valence-electron chi connectivity index (χ1n) is 6.75.